The van der Waals surface area contributed by atoms with Crippen LogP contribution in [0.5, 0.6) is 0 Å². The molecule has 5 heteroatoms. The van der Waals surface area contributed by atoms with Gasteiger partial charge in [0.1, 0.15) is 6.61 Å². The quantitative estimate of drug-likeness (QED) is 0.828. The van der Waals surface area contributed by atoms with Gasteiger partial charge in [-0.15, -0.1) is 11.3 Å². The Balaban J connectivity index is 1.85. The minimum absolute atomic E-state index is 0.0472. The molecule has 1 aliphatic heterocycles. The van der Waals surface area contributed by atoms with Gasteiger partial charge in [-0.3, -0.25) is 4.79 Å². The molecule has 0 aromatic carbocycles. The fraction of sp³-hybridized carbons (Fsp3) is 0.533. The molecule has 1 unspecified atom stereocenters. The zero-order valence-corrected chi connectivity index (χ0v) is 12.4. The smallest absolute Gasteiger partial charge is 0.261 e. The van der Waals surface area contributed by atoms with Crippen molar-refractivity contribution in [2.45, 2.75) is 19.8 Å². The van der Waals surface area contributed by atoms with Crippen molar-refractivity contribution in [3.05, 3.63) is 21.4 Å². The van der Waals surface area contributed by atoms with Gasteiger partial charge in [-0.2, -0.15) is 0 Å². The number of aliphatic hydroxyl groups is 1. The van der Waals surface area contributed by atoms with Crippen LogP contribution in [0.25, 0.3) is 0 Å². The van der Waals surface area contributed by atoms with Crippen LogP contribution in [0, 0.1) is 24.7 Å². The highest BCUT2D eigenvalue weighted by molar-refractivity contribution is 7.14. The molecule has 2 rings (SSSR count). The Labute approximate surface area is 123 Å². The number of carbonyl (C=O) groups is 1. The van der Waals surface area contributed by atoms with Crippen LogP contribution in [0.4, 0.5) is 0 Å². The van der Waals surface area contributed by atoms with Gasteiger partial charge in [-0.05, 0) is 37.3 Å². The second-order valence-corrected chi connectivity index (χ2v) is 5.91. The molecule has 4 nitrogen and oxygen atoms in total. The maximum atomic E-state index is 12.0. The van der Waals surface area contributed by atoms with Crippen molar-refractivity contribution in [1.82, 2.24) is 5.32 Å². The van der Waals surface area contributed by atoms with Crippen molar-refractivity contribution in [3.63, 3.8) is 0 Å². The lowest BCUT2D eigenvalue weighted by molar-refractivity contribution is 0.0954. The van der Waals surface area contributed by atoms with Crippen molar-refractivity contribution in [2.75, 3.05) is 26.4 Å². The highest BCUT2D eigenvalue weighted by Gasteiger charge is 2.16. The van der Waals surface area contributed by atoms with E-state index in [0.717, 1.165) is 36.5 Å². The Hall–Kier alpha value is -1.35. The number of rotatable bonds is 4. The Kier molecular flexibility index (Phi) is 5.60. The highest BCUT2D eigenvalue weighted by atomic mass is 32.1. The van der Waals surface area contributed by atoms with Crippen LogP contribution in [-0.2, 0) is 4.74 Å². The minimum atomic E-state index is -0.164. The van der Waals surface area contributed by atoms with E-state index in [4.69, 9.17) is 9.84 Å². The molecule has 0 aliphatic carbocycles. The van der Waals surface area contributed by atoms with Gasteiger partial charge < -0.3 is 15.2 Å². The molecule has 1 atom stereocenters. The van der Waals surface area contributed by atoms with Crippen LogP contribution >= 0.6 is 11.3 Å². The van der Waals surface area contributed by atoms with Gasteiger partial charge in [-0.25, -0.2) is 0 Å². The normalized spacial score (nSPS) is 17.6. The third-order valence-electron chi connectivity index (χ3n) is 3.28. The number of aliphatic hydroxyl groups excluding tert-OH is 1. The number of amides is 1. The Bertz CT molecular complexity index is 521. The second-order valence-electron chi connectivity index (χ2n) is 4.86. The van der Waals surface area contributed by atoms with Crippen molar-refractivity contribution in [1.29, 1.82) is 0 Å². The third kappa shape index (κ3) is 4.07. The zero-order chi connectivity index (χ0) is 14.4. The molecule has 0 saturated carbocycles. The summed E-state index contributed by atoms with van der Waals surface area (Å²) in [6.07, 6.45) is 2.06. The zero-order valence-electron chi connectivity index (χ0n) is 11.6. The molecule has 2 N–H and O–H groups in total. The summed E-state index contributed by atoms with van der Waals surface area (Å²) in [5, 5.41) is 11.6. The molecule has 1 aliphatic rings. The molecule has 1 amide bonds. The van der Waals surface area contributed by atoms with Crippen LogP contribution in [0.1, 0.15) is 33.0 Å². The second kappa shape index (κ2) is 7.44. The number of hydrogen-bond donors (Lipinski definition) is 2. The summed E-state index contributed by atoms with van der Waals surface area (Å²) in [6.45, 7) is 4.10. The van der Waals surface area contributed by atoms with Crippen LogP contribution in [0.15, 0.2) is 6.07 Å². The van der Waals surface area contributed by atoms with E-state index in [2.05, 4.69) is 17.2 Å². The first kappa shape index (κ1) is 15.0. The Morgan fingerprint density at radius 3 is 3.20 bits per heavy atom. The summed E-state index contributed by atoms with van der Waals surface area (Å²) in [5.74, 6) is 6.00. The molecule has 108 valence electrons. The fourth-order valence-electron chi connectivity index (χ4n) is 2.13. The number of ether oxygens (including phenoxy) is 1. The summed E-state index contributed by atoms with van der Waals surface area (Å²) in [4.78, 5) is 13.5. The van der Waals surface area contributed by atoms with E-state index in [1.165, 1.54) is 11.3 Å². The van der Waals surface area contributed by atoms with E-state index in [-0.39, 0.29) is 12.5 Å². The summed E-state index contributed by atoms with van der Waals surface area (Å²) in [6, 6.07) is 1.85. The van der Waals surface area contributed by atoms with Gasteiger partial charge >= 0.3 is 0 Å². The monoisotopic (exact) mass is 293 g/mol. The lowest BCUT2D eigenvalue weighted by Gasteiger charge is -2.07. The maximum absolute atomic E-state index is 12.0. The lowest BCUT2D eigenvalue weighted by Crippen LogP contribution is -2.25. The van der Waals surface area contributed by atoms with E-state index in [9.17, 15) is 4.79 Å². The molecule has 2 heterocycles. The first-order valence-corrected chi connectivity index (χ1v) is 7.58. The molecule has 1 saturated heterocycles. The van der Waals surface area contributed by atoms with Crippen LogP contribution in [0.2, 0.25) is 0 Å². The summed E-state index contributed by atoms with van der Waals surface area (Å²) < 4.78 is 5.31. The first-order valence-electron chi connectivity index (χ1n) is 6.77. The number of nitrogens with one attached hydrogen (secondary N) is 1. The Morgan fingerprint density at radius 2 is 2.50 bits per heavy atom. The molecule has 0 bridgehead atoms. The number of aryl methyl sites for hydroxylation is 1. The van der Waals surface area contributed by atoms with E-state index in [1.807, 2.05) is 13.0 Å². The number of thiophene rings is 1. The summed E-state index contributed by atoms with van der Waals surface area (Å²) in [5.41, 5.74) is 0.977. The van der Waals surface area contributed by atoms with Crippen LogP contribution in [-0.4, -0.2) is 37.4 Å². The molecular formula is C15H19NO3S. The molecule has 0 radical (unpaired) electrons. The first-order chi connectivity index (χ1) is 9.70. The van der Waals surface area contributed by atoms with Crippen molar-refractivity contribution >= 4 is 17.2 Å². The van der Waals surface area contributed by atoms with Gasteiger partial charge in [0.15, 0.2) is 0 Å². The largest absolute Gasteiger partial charge is 0.384 e. The minimum Gasteiger partial charge on any atom is -0.384 e. The SMILES string of the molecule is Cc1cc(C(=O)NCCC2CCOC2)sc1C#CCO. The van der Waals surface area contributed by atoms with Gasteiger partial charge in [0.2, 0.25) is 0 Å². The average molecular weight is 293 g/mol. The molecule has 0 spiro atoms. The number of hydrogen-bond acceptors (Lipinski definition) is 4. The predicted octanol–water partition coefficient (Wildman–Crippen LogP) is 1.56. The van der Waals surface area contributed by atoms with Gasteiger partial charge in [-0.1, -0.05) is 11.8 Å². The molecule has 1 aromatic heterocycles. The average Bonchev–Trinajstić information content (AvgIpc) is 3.06. The molecular weight excluding hydrogens is 274 g/mol. The third-order valence-corrected chi connectivity index (χ3v) is 4.44. The molecule has 20 heavy (non-hydrogen) atoms. The summed E-state index contributed by atoms with van der Waals surface area (Å²) in [7, 11) is 0. The predicted molar refractivity (Wildman–Crippen MR) is 78.9 cm³/mol. The standard InChI is InChI=1S/C15H19NO3S/c1-11-9-14(20-13(11)3-2-7-17)15(18)16-6-4-12-5-8-19-10-12/h9,12,17H,4-8,10H2,1H3,(H,16,18). The van der Waals surface area contributed by atoms with Crippen molar-refractivity contribution < 1.29 is 14.6 Å². The fourth-order valence-corrected chi connectivity index (χ4v) is 3.09. The van der Waals surface area contributed by atoms with Crippen LogP contribution in [0.3, 0.4) is 0 Å². The topological polar surface area (TPSA) is 58.6 Å². The molecule has 1 aromatic rings. The maximum Gasteiger partial charge on any atom is 0.261 e. The lowest BCUT2D eigenvalue weighted by atomic mass is 10.1. The highest BCUT2D eigenvalue weighted by Crippen LogP contribution is 2.21. The van der Waals surface area contributed by atoms with Gasteiger partial charge in [0.25, 0.3) is 5.91 Å². The summed E-state index contributed by atoms with van der Waals surface area (Å²) >= 11 is 1.37. The van der Waals surface area contributed by atoms with E-state index >= 15 is 0 Å². The molecule has 1 fully saturated rings. The van der Waals surface area contributed by atoms with E-state index in [0.29, 0.717) is 17.3 Å². The van der Waals surface area contributed by atoms with E-state index < -0.39 is 0 Å². The number of carbonyl (C=O) groups excluding carboxylic acids is 1. The van der Waals surface area contributed by atoms with E-state index in [1.54, 1.807) is 0 Å². The van der Waals surface area contributed by atoms with Crippen molar-refractivity contribution in [2.24, 2.45) is 5.92 Å². The Morgan fingerprint density at radius 1 is 1.65 bits per heavy atom. The van der Waals surface area contributed by atoms with Crippen molar-refractivity contribution in [3.8, 4) is 11.8 Å². The van der Waals surface area contributed by atoms with Crippen LogP contribution < -0.4 is 5.32 Å². The van der Waals surface area contributed by atoms with Gasteiger partial charge in [0.05, 0.1) is 9.75 Å². The van der Waals surface area contributed by atoms with Gasteiger partial charge in [0, 0.05) is 19.8 Å².